The van der Waals surface area contributed by atoms with Crippen molar-refractivity contribution in [2.45, 2.75) is 20.0 Å². The van der Waals surface area contributed by atoms with Gasteiger partial charge in [0.15, 0.2) is 6.61 Å². The molecule has 0 fully saturated rings. The molecule has 0 aliphatic carbocycles. The van der Waals surface area contributed by atoms with Crippen LogP contribution in [-0.2, 0) is 22.6 Å². The minimum Gasteiger partial charge on any atom is -0.492 e. The Balaban J connectivity index is 1.37. The predicted octanol–water partition coefficient (Wildman–Crippen LogP) is 3.99. The van der Waals surface area contributed by atoms with Gasteiger partial charge in [0.05, 0.1) is 5.92 Å². The largest absolute Gasteiger partial charge is 0.492 e. The summed E-state index contributed by atoms with van der Waals surface area (Å²) in [6, 6.07) is 13.1. The minimum absolute atomic E-state index is 0.0729. The Morgan fingerprint density at radius 3 is 3.00 bits per heavy atom. The van der Waals surface area contributed by atoms with Gasteiger partial charge in [-0.25, -0.2) is 0 Å². The molecule has 0 saturated carbocycles. The molecule has 0 spiro atoms. The van der Waals surface area contributed by atoms with Crippen LogP contribution in [0.1, 0.15) is 17.0 Å². The van der Waals surface area contributed by atoms with E-state index in [1.807, 2.05) is 43.3 Å². The van der Waals surface area contributed by atoms with Crippen molar-refractivity contribution in [3.63, 3.8) is 0 Å². The number of fused-ring (bicyclic) bond motifs is 1. The van der Waals surface area contributed by atoms with Gasteiger partial charge in [-0.3, -0.25) is 4.79 Å². The van der Waals surface area contributed by atoms with Crippen LogP contribution in [0.2, 0.25) is 5.02 Å². The lowest BCUT2D eigenvalue weighted by atomic mass is 9.97. The van der Waals surface area contributed by atoms with Gasteiger partial charge in [-0.15, -0.1) is 10.2 Å². The zero-order valence-corrected chi connectivity index (χ0v) is 15.4. The number of nitrogens with zero attached hydrogens (tertiary/aromatic N) is 2. The summed E-state index contributed by atoms with van der Waals surface area (Å²) >= 11 is 6.01. The summed E-state index contributed by atoms with van der Waals surface area (Å²) in [5.74, 6) is 0.642. The highest BCUT2D eigenvalue weighted by Crippen LogP contribution is 2.30. The van der Waals surface area contributed by atoms with Crippen LogP contribution in [-0.4, -0.2) is 22.8 Å². The highest BCUT2D eigenvalue weighted by atomic mass is 35.5. The average Bonchev–Trinajstić information content (AvgIpc) is 3.14. The molecule has 1 aliphatic rings. The van der Waals surface area contributed by atoms with Crippen molar-refractivity contribution < 1.29 is 18.7 Å². The highest BCUT2D eigenvalue weighted by Gasteiger charge is 2.28. The first-order valence-corrected chi connectivity index (χ1v) is 8.93. The molecule has 0 radical (unpaired) electrons. The van der Waals surface area contributed by atoms with Crippen molar-refractivity contribution in [2.75, 3.05) is 6.61 Å². The lowest BCUT2D eigenvalue weighted by molar-refractivity contribution is -0.152. The Morgan fingerprint density at radius 2 is 2.15 bits per heavy atom. The number of aromatic nitrogens is 2. The van der Waals surface area contributed by atoms with Crippen LogP contribution in [0.25, 0.3) is 11.5 Å². The summed E-state index contributed by atoms with van der Waals surface area (Å²) < 4.78 is 16.6. The summed E-state index contributed by atoms with van der Waals surface area (Å²) in [6.07, 6.45) is 0.521. The maximum Gasteiger partial charge on any atom is 0.313 e. The predicted molar refractivity (Wildman–Crippen MR) is 98.4 cm³/mol. The van der Waals surface area contributed by atoms with Crippen molar-refractivity contribution in [2.24, 2.45) is 5.92 Å². The molecule has 3 aromatic rings. The molecular formula is C20H17ClN2O4. The van der Waals surface area contributed by atoms with Crippen LogP contribution in [0.4, 0.5) is 0 Å². The monoisotopic (exact) mass is 384 g/mol. The van der Waals surface area contributed by atoms with Crippen LogP contribution in [0.3, 0.4) is 0 Å². The van der Waals surface area contributed by atoms with Crippen LogP contribution < -0.4 is 4.74 Å². The molecule has 4 rings (SSSR count). The summed E-state index contributed by atoms with van der Waals surface area (Å²) in [5, 5.41) is 8.57. The number of hydrogen-bond donors (Lipinski definition) is 0. The van der Waals surface area contributed by atoms with Crippen LogP contribution in [0.5, 0.6) is 5.75 Å². The molecule has 1 aromatic heterocycles. The molecule has 0 unspecified atom stereocenters. The Bertz CT molecular complexity index is 986. The smallest absolute Gasteiger partial charge is 0.313 e. The Labute approximate surface area is 161 Å². The van der Waals surface area contributed by atoms with E-state index in [1.54, 1.807) is 6.07 Å². The van der Waals surface area contributed by atoms with E-state index in [2.05, 4.69) is 10.2 Å². The summed E-state index contributed by atoms with van der Waals surface area (Å²) in [4.78, 5) is 12.4. The van der Waals surface area contributed by atoms with E-state index in [0.29, 0.717) is 17.3 Å². The second-order valence-corrected chi connectivity index (χ2v) is 6.88. The minimum atomic E-state index is -0.393. The lowest BCUT2D eigenvalue weighted by Crippen LogP contribution is -2.29. The first-order chi connectivity index (χ1) is 13.1. The van der Waals surface area contributed by atoms with Crippen molar-refractivity contribution in [3.05, 3.63) is 64.5 Å². The molecule has 2 heterocycles. The van der Waals surface area contributed by atoms with E-state index in [4.69, 9.17) is 25.5 Å². The second-order valence-electron chi connectivity index (χ2n) is 6.44. The van der Waals surface area contributed by atoms with E-state index in [0.717, 1.165) is 22.4 Å². The molecule has 2 aromatic carbocycles. The van der Waals surface area contributed by atoms with Gasteiger partial charge in [0.1, 0.15) is 12.4 Å². The maximum atomic E-state index is 12.4. The van der Waals surface area contributed by atoms with Gasteiger partial charge in [0, 0.05) is 10.6 Å². The molecule has 6 nitrogen and oxygen atoms in total. The number of aryl methyl sites for hydroxylation is 1. The molecule has 1 atom stereocenters. The number of carbonyl (C=O) groups excluding carboxylic acids is 1. The third-order valence-corrected chi connectivity index (χ3v) is 4.57. The lowest BCUT2D eigenvalue weighted by Gasteiger charge is -2.23. The summed E-state index contributed by atoms with van der Waals surface area (Å²) in [6.45, 7) is 2.18. The number of ether oxygens (including phenoxy) is 2. The molecule has 0 N–H and O–H groups in total. The van der Waals surface area contributed by atoms with Crippen molar-refractivity contribution in [1.82, 2.24) is 10.2 Å². The highest BCUT2D eigenvalue weighted by molar-refractivity contribution is 6.30. The molecule has 138 valence electrons. The van der Waals surface area contributed by atoms with E-state index in [1.165, 1.54) is 0 Å². The Morgan fingerprint density at radius 1 is 1.26 bits per heavy atom. The normalized spacial score (nSPS) is 15.7. The first kappa shape index (κ1) is 17.5. The third-order valence-electron chi connectivity index (χ3n) is 4.33. The summed E-state index contributed by atoms with van der Waals surface area (Å²) in [7, 11) is 0. The maximum absolute atomic E-state index is 12.4. The molecule has 0 saturated heterocycles. The van der Waals surface area contributed by atoms with Crippen LogP contribution in [0.15, 0.2) is 46.9 Å². The van der Waals surface area contributed by atoms with Gasteiger partial charge in [-0.1, -0.05) is 29.3 Å². The summed E-state index contributed by atoms with van der Waals surface area (Å²) in [5.41, 5.74) is 2.82. The van der Waals surface area contributed by atoms with Gasteiger partial charge in [-0.05, 0) is 49.2 Å². The average molecular weight is 385 g/mol. The molecule has 1 aliphatic heterocycles. The number of carbonyl (C=O) groups is 1. The number of halogens is 1. The molecule has 0 amide bonds. The van der Waals surface area contributed by atoms with Gasteiger partial charge in [0.2, 0.25) is 5.89 Å². The van der Waals surface area contributed by atoms with Gasteiger partial charge >= 0.3 is 5.97 Å². The molecule has 0 bridgehead atoms. The zero-order valence-electron chi connectivity index (χ0n) is 14.6. The standard InChI is InChI=1S/C20H17ClN2O4/c1-12-3-2-4-13(7-12)19-23-22-18(27-19)11-26-20(24)15-8-14-9-16(21)5-6-17(14)25-10-15/h2-7,9,15H,8,10-11H2,1H3/t15-/m0/s1. The molecular weight excluding hydrogens is 368 g/mol. The number of rotatable bonds is 4. The Kier molecular flexibility index (Phi) is 4.81. The van der Waals surface area contributed by atoms with Gasteiger partial charge in [0.25, 0.3) is 5.89 Å². The van der Waals surface area contributed by atoms with Gasteiger partial charge < -0.3 is 13.9 Å². The van der Waals surface area contributed by atoms with E-state index < -0.39 is 5.92 Å². The number of esters is 1. The SMILES string of the molecule is Cc1cccc(-c2nnc(COC(=O)[C@@H]3COc4ccc(Cl)cc4C3)o2)c1. The van der Waals surface area contributed by atoms with Crippen molar-refractivity contribution in [1.29, 1.82) is 0 Å². The van der Waals surface area contributed by atoms with Crippen LogP contribution >= 0.6 is 11.6 Å². The number of hydrogen-bond acceptors (Lipinski definition) is 6. The first-order valence-electron chi connectivity index (χ1n) is 8.56. The molecule has 7 heteroatoms. The molecule has 27 heavy (non-hydrogen) atoms. The quantitative estimate of drug-likeness (QED) is 0.633. The third kappa shape index (κ3) is 3.95. The zero-order chi connectivity index (χ0) is 18.8. The Hall–Kier alpha value is -2.86. The van der Waals surface area contributed by atoms with Gasteiger partial charge in [-0.2, -0.15) is 0 Å². The van der Waals surface area contributed by atoms with E-state index >= 15 is 0 Å². The fourth-order valence-corrected chi connectivity index (χ4v) is 3.17. The van der Waals surface area contributed by atoms with Crippen LogP contribution in [0, 0.1) is 12.8 Å². The topological polar surface area (TPSA) is 74.5 Å². The second kappa shape index (κ2) is 7.40. The van der Waals surface area contributed by atoms with Crippen molar-refractivity contribution in [3.8, 4) is 17.2 Å². The van der Waals surface area contributed by atoms with E-state index in [-0.39, 0.29) is 25.1 Å². The number of benzene rings is 2. The fourth-order valence-electron chi connectivity index (χ4n) is 2.97. The van der Waals surface area contributed by atoms with Crippen molar-refractivity contribution >= 4 is 17.6 Å². The van der Waals surface area contributed by atoms with E-state index in [9.17, 15) is 4.79 Å². The fraction of sp³-hybridized carbons (Fsp3) is 0.250.